The Morgan fingerprint density at radius 3 is 2.61 bits per heavy atom. The van der Waals surface area contributed by atoms with Gasteiger partial charge in [0.15, 0.2) is 0 Å². The number of hydrogen-bond acceptors (Lipinski definition) is 4. The molecule has 1 heterocycles. The number of carboxylic acid groups (broad SMARTS) is 1. The minimum absolute atomic E-state index is 0.0683. The van der Waals surface area contributed by atoms with Crippen LogP contribution in [0.2, 0.25) is 0 Å². The average Bonchev–Trinajstić information content (AvgIpc) is 3.32. The quantitative estimate of drug-likeness (QED) is 0.458. The number of aliphatic carboxylic acids is 1. The van der Waals surface area contributed by atoms with Crippen LogP contribution in [0.4, 0.5) is 10.5 Å². The van der Waals surface area contributed by atoms with Crippen LogP contribution in [0.15, 0.2) is 35.9 Å². The molecule has 5 atom stereocenters. The van der Waals surface area contributed by atoms with E-state index >= 15 is 0 Å². The maximum atomic E-state index is 12.7. The molecule has 1 aliphatic heterocycles. The molecule has 3 aliphatic rings. The molecular formula is C32H39NO5. The Labute approximate surface area is 225 Å². The summed E-state index contributed by atoms with van der Waals surface area (Å²) in [5, 5.41) is 9.85. The van der Waals surface area contributed by atoms with Crippen LogP contribution in [-0.4, -0.2) is 37.4 Å². The molecule has 0 radical (unpaired) electrons. The number of nitrogens with zero attached hydrogens (tertiary/aromatic N) is 1. The predicted octanol–water partition coefficient (Wildman–Crippen LogP) is 7.09. The van der Waals surface area contributed by atoms with E-state index in [1.165, 1.54) is 34.9 Å². The van der Waals surface area contributed by atoms with Gasteiger partial charge in [-0.05, 0) is 80.7 Å². The Morgan fingerprint density at radius 2 is 1.89 bits per heavy atom. The highest BCUT2D eigenvalue weighted by Gasteiger charge is 2.41. The van der Waals surface area contributed by atoms with E-state index in [1.807, 2.05) is 6.07 Å². The highest BCUT2D eigenvalue weighted by atomic mass is 16.5. The zero-order valence-electron chi connectivity index (χ0n) is 23.1. The van der Waals surface area contributed by atoms with Crippen molar-refractivity contribution in [2.24, 2.45) is 11.8 Å². The van der Waals surface area contributed by atoms with Gasteiger partial charge in [0.2, 0.25) is 0 Å². The van der Waals surface area contributed by atoms with Gasteiger partial charge in [0, 0.05) is 23.4 Å². The van der Waals surface area contributed by atoms with E-state index in [2.05, 4.69) is 51.1 Å². The number of benzene rings is 2. The highest BCUT2D eigenvalue weighted by molar-refractivity contribution is 5.92. The van der Waals surface area contributed by atoms with Gasteiger partial charge >= 0.3 is 12.1 Å². The van der Waals surface area contributed by atoms with Gasteiger partial charge in [-0.1, -0.05) is 48.8 Å². The van der Waals surface area contributed by atoms with Crippen molar-refractivity contribution in [1.29, 1.82) is 0 Å². The lowest BCUT2D eigenvalue weighted by Gasteiger charge is -2.37. The smallest absolute Gasteiger partial charge is 0.414 e. The molecular weight excluding hydrogens is 478 g/mol. The summed E-state index contributed by atoms with van der Waals surface area (Å²) >= 11 is 0. The van der Waals surface area contributed by atoms with Crippen LogP contribution < -0.4 is 9.64 Å². The van der Waals surface area contributed by atoms with E-state index in [0.29, 0.717) is 6.42 Å². The fraction of sp³-hybridized carbons (Fsp3) is 0.500. The van der Waals surface area contributed by atoms with Gasteiger partial charge in [-0.15, -0.1) is 0 Å². The first-order valence-electron chi connectivity index (χ1n) is 13.9. The number of hydrogen-bond donors (Lipinski definition) is 1. The standard InChI is InChI=1S/C32H39NO5/c1-18-9-14-29(37-4)25(15-18)20(3)26-17-27-23-11-10-19(2)33(32(36)38-5)28(23)13-12-24(27)30(26)21-7-6-8-22(16-21)31(34)35/h9,12-15,17,19-22,30H,6-8,10-11,16H2,1-5H3,(H,34,35)/t19-,20-,21+,22+,30?/m0/s1. The third-order valence-electron chi connectivity index (χ3n) is 9.14. The number of rotatable bonds is 5. The van der Waals surface area contributed by atoms with Crippen molar-refractivity contribution in [3.8, 4) is 5.75 Å². The summed E-state index contributed by atoms with van der Waals surface area (Å²) in [6, 6.07) is 10.7. The third kappa shape index (κ3) is 4.48. The molecule has 202 valence electrons. The van der Waals surface area contributed by atoms with Crippen LogP contribution in [0.1, 0.15) is 85.6 Å². The molecule has 0 spiro atoms. The number of amides is 1. The van der Waals surface area contributed by atoms with Crippen molar-refractivity contribution in [3.63, 3.8) is 0 Å². The Hall–Kier alpha value is -3.28. The predicted molar refractivity (Wildman–Crippen MR) is 149 cm³/mol. The lowest BCUT2D eigenvalue weighted by Crippen LogP contribution is -2.42. The van der Waals surface area contributed by atoms with Gasteiger partial charge < -0.3 is 14.6 Å². The van der Waals surface area contributed by atoms with E-state index in [4.69, 9.17) is 9.47 Å². The second-order valence-corrected chi connectivity index (χ2v) is 11.3. The maximum Gasteiger partial charge on any atom is 0.414 e. The fourth-order valence-electron chi connectivity index (χ4n) is 7.18. The van der Waals surface area contributed by atoms with Crippen molar-refractivity contribution in [2.75, 3.05) is 19.1 Å². The Bertz CT molecular complexity index is 1280. The minimum atomic E-state index is -0.681. The number of carbonyl (C=O) groups is 2. The Morgan fingerprint density at radius 1 is 1.11 bits per heavy atom. The third-order valence-corrected chi connectivity index (χ3v) is 9.14. The maximum absolute atomic E-state index is 12.7. The molecule has 1 amide bonds. The number of ether oxygens (including phenoxy) is 2. The van der Waals surface area contributed by atoms with Crippen molar-refractivity contribution < 1.29 is 24.2 Å². The molecule has 0 aromatic heterocycles. The summed E-state index contributed by atoms with van der Waals surface area (Å²) in [7, 11) is 3.15. The number of allylic oxidation sites excluding steroid dienone is 1. The van der Waals surface area contributed by atoms with Crippen LogP contribution in [0, 0.1) is 18.8 Å². The second kappa shape index (κ2) is 10.5. The summed E-state index contributed by atoms with van der Waals surface area (Å²) in [4.78, 5) is 26.5. The SMILES string of the molecule is COC(=O)N1c2ccc3c(c2CC[C@@H]1C)C=C([C@@H](C)c1cc(C)ccc1OC)C3[C@@H]1CCC[C@@H](C(=O)O)C1. The molecule has 6 heteroatoms. The number of methoxy groups -OCH3 is 2. The van der Waals surface area contributed by atoms with Gasteiger partial charge in [-0.25, -0.2) is 4.79 Å². The summed E-state index contributed by atoms with van der Waals surface area (Å²) in [6.45, 7) is 6.41. The van der Waals surface area contributed by atoms with E-state index in [0.717, 1.165) is 49.1 Å². The topological polar surface area (TPSA) is 76.1 Å². The molecule has 1 unspecified atom stereocenters. The molecule has 1 fully saturated rings. The number of aryl methyl sites for hydroxylation is 1. The van der Waals surface area contributed by atoms with Crippen LogP contribution in [0.5, 0.6) is 5.75 Å². The van der Waals surface area contributed by atoms with Gasteiger partial charge in [0.05, 0.1) is 25.8 Å². The van der Waals surface area contributed by atoms with Gasteiger partial charge in [0.25, 0.3) is 0 Å². The minimum Gasteiger partial charge on any atom is -0.496 e. The lowest BCUT2D eigenvalue weighted by molar-refractivity contribution is -0.143. The first kappa shape index (κ1) is 26.3. The molecule has 6 nitrogen and oxygen atoms in total. The first-order valence-corrected chi connectivity index (χ1v) is 13.9. The van der Waals surface area contributed by atoms with Crippen LogP contribution in [-0.2, 0) is 16.0 Å². The van der Waals surface area contributed by atoms with E-state index < -0.39 is 5.97 Å². The summed E-state index contributed by atoms with van der Waals surface area (Å²) < 4.78 is 10.9. The first-order chi connectivity index (χ1) is 18.2. The Balaban J connectivity index is 1.64. The van der Waals surface area contributed by atoms with Gasteiger partial charge in [-0.2, -0.15) is 0 Å². The van der Waals surface area contributed by atoms with Crippen molar-refractivity contribution >= 4 is 23.8 Å². The summed E-state index contributed by atoms with van der Waals surface area (Å²) in [6.07, 6.45) is 7.19. The molecule has 1 saturated carbocycles. The average molecular weight is 518 g/mol. The second-order valence-electron chi connectivity index (χ2n) is 11.3. The monoisotopic (exact) mass is 517 g/mol. The van der Waals surface area contributed by atoms with Crippen molar-refractivity contribution in [3.05, 3.63) is 63.7 Å². The molecule has 1 N–H and O–H groups in total. The van der Waals surface area contributed by atoms with Crippen LogP contribution >= 0.6 is 0 Å². The van der Waals surface area contributed by atoms with E-state index in [9.17, 15) is 14.7 Å². The molecule has 0 saturated heterocycles. The molecule has 0 bridgehead atoms. The van der Waals surface area contributed by atoms with Crippen LogP contribution in [0.25, 0.3) is 6.08 Å². The van der Waals surface area contributed by atoms with Crippen LogP contribution in [0.3, 0.4) is 0 Å². The Kier molecular flexibility index (Phi) is 7.26. The normalized spacial score (nSPS) is 25.2. The van der Waals surface area contributed by atoms with Crippen molar-refractivity contribution in [2.45, 2.75) is 77.2 Å². The number of fused-ring (bicyclic) bond motifs is 3. The largest absolute Gasteiger partial charge is 0.496 e. The molecule has 5 rings (SSSR count). The zero-order valence-corrected chi connectivity index (χ0v) is 23.1. The zero-order chi connectivity index (χ0) is 27.1. The van der Waals surface area contributed by atoms with Gasteiger partial charge in [-0.3, -0.25) is 9.69 Å². The summed E-state index contributed by atoms with van der Waals surface area (Å²) in [5.41, 5.74) is 8.26. The number of carbonyl (C=O) groups excluding carboxylic acids is 1. The molecule has 2 aromatic rings. The van der Waals surface area contributed by atoms with Crippen molar-refractivity contribution in [1.82, 2.24) is 0 Å². The fourth-order valence-corrected chi connectivity index (χ4v) is 7.18. The van der Waals surface area contributed by atoms with Gasteiger partial charge in [0.1, 0.15) is 5.75 Å². The van der Waals surface area contributed by atoms with E-state index in [-0.39, 0.29) is 35.8 Å². The molecule has 2 aromatic carbocycles. The van der Waals surface area contributed by atoms with E-state index in [1.54, 1.807) is 12.0 Å². The summed E-state index contributed by atoms with van der Waals surface area (Å²) in [5.74, 6) is 0.397. The molecule has 2 aliphatic carbocycles. The number of carboxylic acids is 1. The lowest BCUT2D eigenvalue weighted by atomic mass is 9.69. The molecule has 38 heavy (non-hydrogen) atoms. The number of anilines is 1. The highest BCUT2D eigenvalue weighted by Crippen LogP contribution is 2.54.